The lowest BCUT2D eigenvalue weighted by atomic mass is 10.00. The van der Waals surface area contributed by atoms with Gasteiger partial charge in [-0.2, -0.15) is 0 Å². The Morgan fingerprint density at radius 2 is 2.10 bits per heavy atom. The fourth-order valence-corrected chi connectivity index (χ4v) is 0.431. The van der Waals surface area contributed by atoms with Crippen LogP contribution in [-0.2, 0) is 4.84 Å². The molecule has 0 radical (unpaired) electrons. The third-order valence-electron chi connectivity index (χ3n) is 1.65. The number of rotatable bonds is 5. The second-order valence-corrected chi connectivity index (χ2v) is 2.85. The van der Waals surface area contributed by atoms with Crippen LogP contribution in [0.3, 0.4) is 0 Å². The van der Waals surface area contributed by atoms with E-state index in [9.17, 15) is 0 Å². The van der Waals surface area contributed by atoms with Gasteiger partial charge in [0.2, 0.25) is 0 Å². The Morgan fingerprint density at radius 3 is 2.50 bits per heavy atom. The van der Waals surface area contributed by atoms with Crippen LogP contribution in [0, 0.1) is 11.8 Å². The van der Waals surface area contributed by atoms with E-state index in [-0.39, 0.29) is 0 Å². The molecule has 0 saturated carbocycles. The Bertz CT molecular complexity index is 91.3. The minimum absolute atomic E-state index is 0.590. The van der Waals surface area contributed by atoms with E-state index < -0.39 is 0 Å². The lowest BCUT2D eigenvalue weighted by Gasteiger charge is -2.14. The molecule has 2 heteroatoms. The van der Waals surface area contributed by atoms with E-state index in [4.69, 9.17) is 4.84 Å². The summed E-state index contributed by atoms with van der Waals surface area (Å²) in [5.74, 6) is 1.26. The molecule has 0 aliphatic heterocycles. The molecule has 0 rings (SSSR count). The SMILES string of the molecule is C=CNOCC(C)C(C)C. The van der Waals surface area contributed by atoms with Gasteiger partial charge in [-0.05, 0) is 11.8 Å². The predicted octanol–water partition coefficient (Wildman–Crippen LogP) is 1.94. The molecule has 0 heterocycles. The summed E-state index contributed by atoms with van der Waals surface area (Å²) in [7, 11) is 0. The molecule has 0 spiro atoms. The summed E-state index contributed by atoms with van der Waals surface area (Å²) in [5, 5.41) is 0. The van der Waals surface area contributed by atoms with Crippen LogP contribution in [0.5, 0.6) is 0 Å². The number of hydrogen-bond donors (Lipinski definition) is 1. The first-order valence-corrected chi connectivity index (χ1v) is 3.66. The van der Waals surface area contributed by atoms with E-state index in [1.54, 1.807) is 0 Å². The van der Waals surface area contributed by atoms with Gasteiger partial charge < -0.3 is 0 Å². The highest BCUT2D eigenvalue weighted by molar-refractivity contribution is 4.57. The number of hydrogen-bond acceptors (Lipinski definition) is 2. The summed E-state index contributed by atoms with van der Waals surface area (Å²) in [6.07, 6.45) is 1.53. The second kappa shape index (κ2) is 5.30. The molecule has 2 nitrogen and oxygen atoms in total. The molecule has 1 N–H and O–H groups in total. The highest BCUT2D eigenvalue weighted by Crippen LogP contribution is 2.08. The van der Waals surface area contributed by atoms with Crippen molar-refractivity contribution in [2.45, 2.75) is 20.8 Å². The molecule has 0 aliphatic rings. The van der Waals surface area contributed by atoms with Crippen molar-refractivity contribution in [3.63, 3.8) is 0 Å². The standard InChI is InChI=1S/C8H17NO/c1-5-9-10-6-8(4)7(2)3/h5,7-9H,1,6H2,2-4H3. The Labute approximate surface area is 63.2 Å². The van der Waals surface area contributed by atoms with E-state index in [0.717, 1.165) is 6.61 Å². The van der Waals surface area contributed by atoms with Crippen LogP contribution in [0.1, 0.15) is 20.8 Å². The first-order valence-electron chi connectivity index (χ1n) is 3.66. The molecule has 0 fully saturated rings. The van der Waals surface area contributed by atoms with Crippen molar-refractivity contribution in [2.24, 2.45) is 11.8 Å². The van der Waals surface area contributed by atoms with Crippen molar-refractivity contribution < 1.29 is 4.84 Å². The van der Waals surface area contributed by atoms with E-state index >= 15 is 0 Å². The van der Waals surface area contributed by atoms with Crippen LogP contribution < -0.4 is 5.48 Å². The van der Waals surface area contributed by atoms with Crippen molar-refractivity contribution in [1.82, 2.24) is 5.48 Å². The van der Waals surface area contributed by atoms with Gasteiger partial charge in [0, 0.05) is 6.20 Å². The molecular weight excluding hydrogens is 126 g/mol. The van der Waals surface area contributed by atoms with Crippen molar-refractivity contribution in [1.29, 1.82) is 0 Å². The third kappa shape index (κ3) is 4.39. The van der Waals surface area contributed by atoms with E-state index in [1.807, 2.05) is 0 Å². The highest BCUT2D eigenvalue weighted by Gasteiger charge is 2.05. The first-order chi connectivity index (χ1) is 4.68. The molecule has 10 heavy (non-hydrogen) atoms. The van der Waals surface area contributed by atoms with E-state index in [0.29, 0.717) is 11.8 Å². The van der Waals surface area contributed by atoms with E-state index in [2.05, 4.69) is 32.8 Å². The lowest BCUT2D eigenvalue weighted by Crippen LogP contribution is -2.17. The van der Waals surface area contributed by atoms with Gasteiger partial charge in [-0.3, -0.25) is 10.3 Å². The molecule has 0 aromatic rings. The second-order valence-electron chi connectivity index (χ2n) is 2.85. The summed E-state index contributed by atoms with van der Waals surface area (Å²) in [4.78, 5) is 5.04. The van der Waals surface area contributed by atoms with Crippen molar-refractivity contribution in [3.05, 3.63) is 12.8 Å². The Kier molecular flexibility index (Phi) is 5.03. The van der Waals surface area contributed by atoms with Crippen molar-refractivity contribution >= 4 is 0 Å². The molecule has 0 aromatic heterocycles. The molecule has 0 amide bonds. The lowest BCUT2D eigenvalue weighted by molar-refractivity contribution is 0.0368. The smallest absolute Gasteiger partial charge is 0.0773 e. The van der Waals surface area contributed by atoms with Gasteiger partial charge in [0.25, 0.3) is 0 Å². The average molecular weight is 143 g/mol. The van der Waals surface area contributed by atoms with Gasteiger partial charge in [-0.25, -0.2) is 0 Å². The molecular formula is C8H17NO. The molecule has 1 atom stereocenters. The minimum atomic E-state index is 0.590. The van der Waals surface area contributed by atoms with Crippen LogP contribution in [0.4, 0.5) is 0 Å². The maximum atomic E-state index is 5.04. The van der Waals surface area contributed by atoms with Gasteiger partial charge >= 0.3 is 0 Å². The molecule has 1 unspecified atom stereocenters. The van der Waals surface area contributed by atoms with Crippen LogP contribution in [0.25, 0.3) is 0 Å². The summed E-state index contributed by atoms with van der Waals surface area (Å²) in [6.45, 7) is 10.7. The zero-order chi connectivity index (χ0) is 7.98. The Balaban J connectivity index is 3.21. The van der Waals surface area contributed by atoms with Crippen molar-refractivity contribution in [3.8, 4) is 0 Å². The highest BCUT2D eigenvalue weighted by atomic mass is 16.6. The summed E-state index contributed by atoms with van der Waals surface area (Å²) in [5.41, 5.74) is 2.60. The fourth-order valence-electron chi connectivity index (χ4n) is 0.431. The maximum Gasteiger partial charge on any atom is 0.0773 e. The largest absolute Gasteiger partial charge is 0.276 e. The monoisotopic (exact) mass is 143 g/mol. The quantitative estimate of drug-likeness (QED) is 0.469. The Morgan fingerprint density at radius 1 is 1.50 bits per heavy atom. The molecule has 0 aliphatic carbocycles. The van der Waals surface area contributed by atoms with Gasteiger partial charge in [0.15, 0.2) is 0 Å². The molecule has 0 aromatic carbocycles. The average Bonchev–Trinajstić information content (AvgIpc) is 1.88. The third-order valence-corrected chi connectivity index (χ3v) is 1.65. The number of hydroxylamine groups is 1. The number of nitrogens with one attached hydrogen (secondary N) is 1. The van der Waals surface area contributed by atoms with Crippen LogP contribution >= 0.6 is 0 Å². The van der Waals surface area contributed by atoms with Crippen LogP contribution in [0.2, 0.25) is 0 Å². The van der Waals surface area contributed by atoms with Crippen LogP contribution in [0.15, 0.2) is 12.8 Å². The first kappa shape index (κ1) is 9.50. The topological polar surface area (TPSA) is 21.3 Å². The van der Waals surface area contributed by atoms with Crippen LogP contribution in [-0.4, -0.2) is 6.61 Å². The minimum Gasteiger partial charge on any atom is -0.276 e. The Hall–Kier alpha value is -0.500. The summed E-state index contributed by atoms with van der Waals surface area (Å²) >= 11 is 0. The zero-order valence-corrected chi connectivity index (χ0v) is 7.05. The van der Waals surface area contributed by atoms with Gasteiger partial charge in [-0.1, -0.05) is 27.4 Å². The maximum absolute atomic E-state index is 5.04. The summed E-state index contributed by atoms with van der Waals surface area (Å²) < 4.78 is 0. The zero-order valence-electron chi connectivity index (χ0n) is 7.05. The molecule has 0 saturated heterocycles. The van der Waals surface area contributed by atoms with Gasteiger partial charge in [0.1, 0.15) is 0 Å². The normalized spacial score (nSPS) is 13.2. The van der Waals surface area contributed by atoms with Crippen molar-refractivity contribution in [2.75, 3.05) is 6.61 Å². The van der Waals surface area contributed by atoms with E-state index in [1.165, 1.54) is 6.20 Å². The van der Waals surface area contributed by atoms with Gasteiger partial charge in [-0.15, -0.1) is 0 Å². The predicted molar refractivity (Wildman–Crippen MR) is 43.3 cm³/mol. The fraction of sp³-hybridized carbons (Fsp3) is 0.750. The summed E-state index contributed by atoms with van der Waals surface area (Å²) in [6, 6.07) is 0. The van der Waals surface area contributed by atoms with Gasteiger partial charge in [0.05, 0.1) is 6.61 Å². The molecule has 60 valence electrons. The molecule has 0 bridgehead atoms.